The van der Waals surface area contributed by atoms with E-state index in [0.29, 0.717) is 24.9 Å². The second-order valence-electron chi connectivity index (χ2n) is 4.56. The lowest BCUT2D eigenvalue weighted by atomic mass is 9.99. The number of carboxylic acid groups (broad SMARTS) is 1. The summed E-state index contributed by atoms with van der Waals surface area (Å²) in [7, 11) is 0. The van der Waals surface area contributed by atoms with E-state index in [-0.39, 0.29) is 11.9 Å². The van der Waals surface area contributed by atoms with Gasteiger partial charge in [-0.05, 0) is 12.2 Å². The molecule has 1 aliphatic rings. The van der Waals surface area contributed by atoms with Gasteiger partial charge in [0, 0.05) is 24.9 Å². The second kappa shape index (κ2) is 6.14. The van der Waals surface area contributed by atoms with Crippen molar-refractivity contribution in [2.75, 3.05) is 25.9 Å². The summed E-state index contributed by atoms with van der Waals surface area (Å²) in [6, 6.07) is -0.151. The molecule has 0 aliphatic carbocycles. The first-order valence-electron chi connectivity index (χ1n) is 5.74. The summed E-state index contributed by atoms with van der Waals surface area (Å²) in [4.78, 5) is 24.3. The number of rotatable bonds is 4. The average molecular weight is 260 g/mol. The number of thioether (sulfide) groups is 1. The van der Waals surface area contributed by atoms with E-state index in [4.69, 9.17) is 5.11 Å². The molecule has 3 atom stereocenters. The summed E-state index contributed by atoms with van der Waals surface area (Å²) in [5, 5.41) is 12.2. The molecule has 6 heteroatoms. The molecule has 1 aliphatic heterocycles. The molecule has 17 heavy (non-hydrogen) atoms. The van der Waals surface area contributed by atoms with Crippen LogP contribution >= 0.6 is 11.8 Å². The summed E-state index contributed by atoms with van der Waals surface area (Å²) in [6.07, 6.45) is 2.00. The van der Waals surface area contributed by atoms with Crippen LogP contribution < -0.4 is 5.32 Å². The van der Waals surface area contributed by atoms with E-state index in [2.05, 4.69) is 5.32 Å². The summed E-state index contributed by atoms with van der Waals surface area (Å²) in [5.41, 5.74) is 0. The van der Waals surface area contributed by atoms with E-state index in [0.717, 1.165) is 0 Å². The fourth-order valence-corrected chi connectivity index (χ4v) is 2.13. The van der Waals surface area contributed by atoms with Gasteiger partial charge in [0.25, 0.3) is 0 Å². The van der Waals surface area contributed by atoms with Crippen LogP contribution in [0.1, 0.15) is 13.8 Å². The van der Waals surface area contributed by atoms with Crippen molar-refractivity contribution < 1.29 is 14.7 Å². The van der Waals surface area contributed by atoms with E-state index in [1.54, 1.807) is 16.7 Å². The molecule has 2 amide bonds. The van der Waals surface area contributed by atoms with Crippen LogP contribution in [0.25, 0.3) is 0 Å². The summed E-state index contributed by atoms with van der Waals surface area (Å²) >= 11 is 1.69. The Hall–Kier alpha value is -0.910. The molecule has 0 aromatic carbocycles. The van der Waals surface area contributed by atoms with Crippen LogP contribution in [0, 0.1) is 11.8 Å². The number of aliphatic carboxylic acids is 1. The van der Waals surface area contributed by atoms with Gasteiger partial charge in [-0.3, -0.25) is 4.79 Å². The van der Waals surface area contributed by atoms with Crippen LogP contribution in [0.15, 0.2) is 0 Å². The Morgan fingerprint density at radius 2 is 2.18 bits per heavy atom. The van der Waals surface area contributed by atoms with Gasteiger partial charge < -0.3 is 15.3 Å². The highest BCUT2D eigenvalue weighted by molar-refractivity contribution is 7.99. The molecular weight excluding hydrogens is 240 g/mol. The predicted molar refractivity (Wildman–Crippen MR) is 68.2 cm³/mol. The lowest BCUT2D eigenvalue weighted by molar-refractivity contribution is -0.142. The van der Waals surface area contributed by atoms with Gasteiger partial charge in [-0.2, -0.15) is 11.8 Å². The molecule has 0 radical (unpaired) electrons. The molecule has 0 spiro atoms. The fraction of sp³-hybridized carbons (Fsp3) is 0.818. The van der Waals surface area contributed by atoms with Crippen LogP contribution in [0.4, 0.5) is 4.79 Å². The van der Waals surface area contributed by atoms with Gasteiger partial charge in [0.2, 0.25) is 0 Å². The third kappa shape index (κ3) is 3.80. The highest BCUT2D eigenvalue weighted by atomic mass is 32.2. The monoisotopic (exact) mass is 260 g/mol. The molecule has 1 saturated heterocycles. The normalized spacial score (nSPS) is 25.7. The Morgan fingerprint density at radius 1 is 1.53 bits per heavy atom. The van der Waals surface area contributed by atoms with Crippen LogP contribution in [0.5, 0.6) is 0 Å². The summed E-state index contributed by atoms with van der Waals surface area (Å²) in [5.74, 6) is -1.22. The van der Waals surface area contributed by atoms with Crippen LogP contribution in [-0.4, -0.2) is 53.1 Å². The zero-order valence-electron chi connectivity index (χ0n) is 10.5. The zero-order valence-corrected chi connectivity index (χ0v) is 11.3. The first-order chi connectivity index (χ1) is 7.95. The van der Waals surface area contributed by atoms with Gasteiger partial charge in [0.1, 0.15) is 0 Å². The Labute approximate surface area is 106 Å². The number of carboxylic acids is 1. The van der Waals surface area contributed by atoms with E-state index >= 15 is 0 Å². The van der Waals surface area contributed by atoms with Gasteiger partial charge in [0.15, 0.2) is 0 Å². The molecular formula is C11H20N2O3S. The SMILES string of the molecule is CSC(C)CNC(=O)N1CC(C)C(C(=O)O)C1. The van der Waals surface area contributed by atoms with E-state index in [1.165, 1.54) is 0 Å². The number of carbonyl (C=O) groups excluding carboxylic acids is 1. The lowest BCUT2D eigenvalue weighted by Gasteiger charge is -2.18. The maximum Gasteiger partial charge on any atom is 0.317 e. The highest BCUT2D eigenvalue weighted by Gasteiger charge is 2.36. The maximum atomic E-state index is 11.8. The van der Waals surface area contributed by atoms with Gasteiger partial charge in [-0.25, -0.2) is 4.79 Å². The molecule has 0 aromatic heterocycles. The van der Waals surface area contributed by atoms with Crippen molar-refractivity contribution in [1.82, 2.24) is 10.2 Å². The molecule has 2 N–H and O–H groups in total. The minimum Gasteiger partial charge on any atom is -0.481 e. The minimum absolute atomic E-state index is 0.0243. The lowest BCUT2D eigenvalue weighted by Crippen LogP contribution is -2.41. The molecule has 1 heterocycles. The van der Waals surface area contributed by atoms with E-state index < -0.39 is 11.9 Å². The van der Waals surface area contributed by atoms with Crippen molar-refractivity contribution in [3.05, 3.63) is 0 Å². The number of hydrogen-bond acceptors (Lipinski definition) is 3. The third-order valence-electron chi connectivity index (χ3n) is 3.16. The van der Waals surface area contributed by atoms with Gasteiger partial charge in [-0.15, -0.1) is 0 Å². The topological polar surface area (TPSA) is 69.6 Å². The van der Waals surface area contributed by atoms with E-state index in [1.807, 2.05) is 20.1 Å². The van der Waals surface area contributed by atoms with Crippen molar-refractivity contribution in [2.24, 2.45) is 11.8 Å². The summed E-state index contributed by atoms with van der Waals surface area (Å²) in [6.45, 7) is 5.36. The maximum absolute atomic E-state index is 11.8. The number of carbonyl (C=O) groups is 2. The number of nitrogens with one attached hydrogen (secondary N) is 1. The Bertz CT molecular complexity index is 298. The van der Waals surface area contributed by atoms with Crippen molar-refractivity contribution >= 4 is 23.8 Å². The number of nitrogens with zero attached hydrogens (tertiary/aromatic N) is 1. The van der Waals surface area contributed by atoms with Crippen LogP contribution in [0.2, 0.25) is 0 Å². The molecule has 5 nitrogen and oxygen atoms in total. The smallest absolute Gasteiger partial charge is 0.317 e. The Morgan fingerprint density at radius 3 is 2.65 bits per heavy atom. The van der Waals surface area contributed by atoms with Crippen molar-refractivity contribution in [3.63, 3.8) is 0 Å². The molecule has 0 bridgehead atoms. The number of likely N-dealkylation sites (tertiary alicyclic amines) is 1. The van der Waals surface area contributed by atoms with Crippen LogP contribution in [0.3, 0.4) is 0 Å². The largest absolute Gasteiger partial charge is 0.481 e. The van der Waals surface area contributed by atoms with Gasteiger partial charge >= 0.3 is 12.0 Å². The molecule has 0 aromatic rings. The quantitative estimate of drug-likeness (QED) is 0.794. The van der Waals surface area contributed by atoms with Crippen molar-refractivity contribution in [3.8, 4) is 0 Å². The van der Waals surface area contributed by atoms with Gasteiger partial charge in [0.05, 0.1) is 5.92 Å². The zero-order chi connectivity index (χ0) is 13.0. The highest BCUT2D eigenvalue weighted by Crippen LogP contribution is 2.22. The molecule has 0 saturated carbocycles. The minimum atomic E-state index is -0.815. The van der Waals surface area contributed by atoms with Crippen molar-refractivity contribution in [2.45, 2.75) is 19.1 Å². The standard InChI is InChI=1S/C11H20N2O3S/c1-7-5-13(6-9(7)10(14)15)11(16)12-4-8(2)17-3/h7-9H,4-6H2,1-3H3,(H,12,16)(H,14,15). The fourth-order valence-electron chi connectivity index (χ4n) is 1.88. The van der Waals surface area contributed by atoms with Crippen molar-refractivity contribution in [1.29, 1.82) is 0 Å². The first-order valence-corrected chi connectivity index (χ1v) is 7.02. The number of urea groups is 1. The first kappa shape index (κ1) is 14.2. The Kier molecular flexibility index (Phi) is 5.11. The average Bonchev–Trinajstić information content (AvgIpc) is 2.67. The Balaban J connectivity index is 2.42. The van der Waals surface area contributed by atoms with Gasteiger partial charge in [-0.1, -0.05) is 13.8 Å². The molecule has 3 unspecified atom stereocenters. The molecule has 1 fully saturated rings. The number of amides is 2. The predicted octanol–water partition coefficient (Wildman–Crippen LogP) is 1.10. The van der Waals surface area contributed by atoms with Crippen LogP contribution in [-0.2, 0) is 4.79 Å². The number of hydrogen-bond donors (Lipinski definition) is 2. The molecule has 1 rings (SSSR count). The third-order valence-corrected chi connectivity index (χ3v) is 4.13. The molecule has 98 valence electrons. The second-order valence-corrected chi connectivity index (χ2v) is 5.84. The summed E-state index contributed by atoms with van der Waals surface area (Å²) < 4.78 is 0. The van der Waals surface area contributed by atoms with E-state index in [9.17, 15) is 9.59 Å².